The second kappa shape index (κ2) is 7.24. The first kappa shape index (κ1) is 19.8. The number of methoxy groups -OCH3 is 1. The number of carbonyl (C=O) groups is 1. The van der Waals surface area contributed by atoms with Gasteiger partial charge in [-0.3, -0.25) is 9.79 Å². The molecule has 0 radical (unpaired) electrons. The highest BCUT2D eigenvalue weighted by Crippen LogP contribution is 2.42. The summed E-state index contributed by atoms with van der Waals surface area (Å²) < 4.78 is 11.6. The van der Waals surface area contributed by atoms with Crippen molar-refractivity contribution < 1.29 is 19.4 Å². The number of nitrogens with zero attached hydrogens (tertiary/aromatic N) is 1. The molecule has 1 aromatic rings. The number of ketones is 1. The second-order valence-corrected chi connectivity index (χ2v) is 8.38. The van der Waals surface area contributed by atoms with Crippen LogP contribution in [-0.2, 0) is 16.0 Å². The number of aliphatic imine (C=N–C) groups is 1. The summed E-state index contributed by atoms with van der Waals surface area (Å²) >= 11 is 0. The van der Waals surface area contributed by atoms with E-state index in [2.05, 4.69) is 11.9 Å². The number of hydrogen-bond donors (Lipinski definition) is 2. The molecule has 0 amide bonds. The van der Waals surface area contributed by atoms with Crippen LogP contribution in [0.1, 0.15) is 51.2 Å². The van der Waals surface area contributed by atoms with E-state index in [1.807, 2.05) is 18.2 Å². The monoisotopic (exact) mass is 374 g/mol. The predicted octanol–water partition coefficient (Wildman–Crippen LogP) is 2.24. The van der Waals surface area contributed by atoms with Crippen LogP contribution in [-0.4, -0.2) is 48.2 Å². The van der Waals surface area contributed by atoms with Crippen LogP contribution in [0.5, 0.6) is 5.75 Å². The number of fused-ring (bicyclic) bond motifs is 1. The number of amidine groups is 1. The van der Waals surface area contributed by atoms with Crippen molar-refractivity contribution in [3.8, 4) is 5.75 Å². The molecule has 148 valence electrons. The van der Waals surface area contributed by atoms with Gasteiger partial charge in [0.2, 0.25) is 0 Å². The lowest BCUT2D eigenvalue weighted by Gasteiger charge is -2.42. The topological polar surface area (TPSA) is 94.1 Å². The predicted molar refractivity (Wildman–Crippen MR) is 104 cm³/mol. The number of carbonyl (C=O) groups excluding carboxylic acids is 1. The third kappa shape index (κ3) is 3.73. The van der Waals surface area contributed by atoms with Gasteiger partial charge in [-0.1, -0.05) is 6.92 Å². The normalized spacial score (nSPS) is 29.9. The van der Waals surface area contributed by atoms with Gasteiger partial charge in [-0.25, -0.2) is 0 Å². The lowest BCUT2D eigenvalue weighted by molar-refractivity contribution is -0.149. The summed E-state index contributed by atoms with van der Waals surface area (Å²) in [7, 11) is 1.54. The van der Waals surface area contributed by atoms with E-state index in [1.54, 1.807) is 14.0 Å². The van der Waals surface area contributed by atoms with Gasteiger partial charge in [0.05, 0.1) is 6.04 Å². The zero-order valence-corrected chi connectivity index (χ0v) is 16.6. The average Bonchev–Trinajstić information content (AvgIpc) is 2.64. The van der Waals surface area contributed by atoms with Crippen LogP contribution in [0.2, 0.25) is 0 Å². The molecule has 3 N–H and O–H groups in total. The summed E-state index contributed by atoms with van der Waals surface area (Å²) in [5, 5.41) is 9.35. The van der Waals surface area contributed by atoms with Gasteiger partial charge >= 0.3 is 0 Å². The van der Waals surface area contributed by atoms with E-state index in [4.69, 9.17) is 15.2 Å². The van der Waals surface area contributed by atoms with Gasteiger partial charge in [0, 0.05) is 19.3 Å². The summed E-state index contributed by atoms with van der Waals surface area (Å²) in [5.41, 5.74) is 7.20. The number of aryl methyl sites for hydroxylation is 1. The van der Waals surface area contributed by atoms with Crippen LogP contribution in [0.15, 0.2) is 23.2 Å². The van der Waals surface area contributed by atoms with Gasteiger partial charge < -0.3 is 20.3 Å². The van der Waals surface area contributed by atoms with E-state index in [0.29, 0.717) is 12.3 Å². The molecule has 0 aromatic heterocycles. The molecule has 6 nitrogen and oxygen atoms in total. The first-order valence-electron chi connectivity index (χ1n) is 9.51. The zero-order valence-electron chi connectivity index (χ0n) is 16.6. The number of aliphatic hydroxyl groups is 1. The Bertz CT molecular complexity index is 755. The SMILES string of the molecule is CO[C@](C)(C(C)=O)[C@H]1CCc2cc(C(N)=NC3CC(C)(CO)C3)ccc2O1. The van der Waals surface area contributed by atoms with Crippen molar-refractivity contribution in [2.45, 2.75) is 64.2 Å². The highest BCUT2D eigenvalue weighted by atomic mass is 16.5. The molecule has 1 heterocycles. The smallest absolute Gasteiger partial charge is 0.165 e. The Hall–Kier alpha value is -1.92. The summed E-state index contributed by atoms with van der Waals surface area (Å²) in [4.78, 5) is 16.6. The van der Waals surface area contributed by atoms with Crippen LogP contribution in [0.25, 0.3) is 0 Å². The first-order valence-corrected chi connectivity index (χ1v) is 9.51. The minimum Gasteiger partial charge on any atom is -0.487 e. The molecule has 6 heteroatoms. The molecular formula is C21H30N2O4. The quantitative estimate of drug-likeness (QED) is 0.588. The third-order valence-electron chi connectivity index (χ3n) is 6.20. The maximum absolute atomic E-state index is 12.0. The second-order valence-electron chi connectivity index (χ2n) is 8.38. The van der Waals surface area contributed by atoms with Crippen molar-refractivity contribution in [1.29, 1.82) is 0 Å². The minimum atomic E-state index is -0.944. The third-order valence-corrected chi connectivity index (χ3v) is 6.20. The van der Waals surface area contributed by atoms with Crippen molar-refractivity contribution in [1.82, 2.24) is 0 Å². The van der Waals surface area contributed by atoms with E-state index in [9.17, 15) is 9.90 Å². The van der Waals surface area contributed by atoms with Crippen molar-refractivity contribution in [3.63, 3.8) is 0 Å². The fourth-order valence-electron chi connectivity index (χ4n) is 4.01. The van der Waals surface area contributed by atoms with Gasteiger partial charge in [0.25, 0.3) is 0 Å². The highest BCUT2D eigenvalue weighted by molar-refractivity contribution is 5.98. The highest BCUT2D eigenvalue weighted by Gasteiger charge is 2.42. The molecule has 1 fully saturated rings. The lowest BCUT2D eigenvalue weighted by Crippen LogP contribution is -2.51. The Morgan fingerprint density at radius 2 is 2.19 bits per heavy atom. The molecule has 27 heavy (non-hydrogen) atoms. The largest absolute Gasteiger partial charge is 0.487 e. The van der Waals surface area contributed by atoms with Gasteiger partial charge in [-0.2, -0.15) is 0 Å². The van der Waals surface area contributed by atoms with E-state index < -0.39 is 5.60 Å². The van der Waals surface area contributed by atoms with Crippen LogP contribution < -0.4 is 10.5 Å². The summed E-state index contributed by atoms with van der Waals surface area (Å²) in [6.45, 7) is 5.57. The Morgan fingerprint density at radius 3 is 2.78 bits per heavy atom. The van der Waals surface area contributed by atoms with Gasteiger partial charge in [0.1, 0.15) is 17.7 Å². The van der Waals surface area contributed by atoms with Gasteiger partial charge in [-0.05, 0) is 68.7 Å². The summed E-state index contributed by atoms with van der Waals surface area (Å²) in [5.74, 6) is 1.25. The maximum Gasteiger partial charge on any atom is 0.165 e. The zero-order chi connectivity index (χ0) is 19.8. The van der Waals surface area contributed by atoms with Crippen LogP contribution in [0, 0.1) is 5.41 Å². The van der Waals surface area contributed by atoms with Crippen LogP contribution in [0.4, 0.5) is 0 Å². The van der Waals surface area contributed by atoms with E-state index in [1.165, 1.54) is 6.92 Å². The standard InChI is InChI=1S/C21H30N2O4/c1-13(25)21(3,26-4)18-8-6-14-9-15(5-7-17(14)27-18)19(22)23-16-10-20(2,11-16)12-24/h5,7,9,16,18,24H,6,8,10-12H2,1-4H3,(H2,22,23)/t16?,18-,20?,21-/m1/s1. The molecule has 0 unspecified atom stereocenters. The number of rotatable bonds is 6. The number of Topliss-reactive ketones (excluding diaryl/α,β-unsaturated/α-hetero) is 1. The van der Waals surface area contributed by atoms with E-state index in [-0.39, 0.29) is 30.0 Å². The van der Waals surface area contributed by atoms with Crippen molar-refractivity contribution >= 4 is 11.6 Å². The first-order chi connectivity index (χ1) is 12.7. The van der Waals surface area contributed by atoms with Crippen LogP contribution >= 0.6 is 0 Å². The lowest BCUT2D eigenvalue weighted by atomic mass is 9.68. The molecule has 1 aliphatic heterocycles. The number of benzene rings is 1. The molecule has 2 atom stereocenters. The summed E-state index contributed by atoms with van der Waals surface area (Å²) in [6.07, 6.45) is 2.91. The van der Waals surface area contributed by atoms with Crippen molar-refractivity contribution in [2.75, 3.05) is 13.7 Å². The number of nitrogens with two attached hydrogens (primary N) is 1. The molecule has 2 aliphatic rings. The molecule has 1 aliphatic carbocycles. The number of hydrogen-bond acceptors (Lipinski definition) is 5. The minimum absolute atomic E-state index is 0.0160. The molecule has 0 bridgehead atoms. The van der Waals surface area contributed by atoms with E-state index in [0.717, 1.165) is 36.1 Å². The van der Waals surface area contributed by atoms with E-state index >= 15 is 0 Å². The Kier molecular flexibility index (Phi) is 5.32. The Balaban J connectivity index is 1.73. The van der Waals surface area contributed by atoms with Gasteiger partial charge in [-0.15, -0.1) is 0 Å². The number of ether oxygens (including phenoxy) is 2. The fraction of sp³-hybridized carbons (Fsp3) is 0.619. The molecule has 0 spiro atoms. The molecular weight excluding hydrogens is 344 g/mol. The molecule has 3 rings (SSSR count). The molecule has 1 aromatic carbocycles. The van der Waals surface area contributed by atoms with Crippen molar-refractivity contribution in [2.24, 2.45) is 16.1 Å². The molecule has 0 saturated heterocycles. The maximum atomic E-state index is 12.0. The van der Waals surface area contributed by atoms with Crippen LogP contribution in [0.3, 0.4) is 0 Å². The fourth-order valence-corrected chi connectivity index (χ4v) is 4.01. The Morgan fingerprint density at radius 1 is 1.48 bits per heavy atom. The number of aliphatic hydroxyl groups excluding tert-OH is 1. The van der Waals surface area contributed by atoms with Gasteiger partial charge in [0.15, 0.2) is 11.4 Å². The van der Waals surface area contributed by atoms with Crippen molar-refractivity contribution in [3.05, 3.63) is 29.3 Å². The molecule has 1 saturated carbocycles. The average molecular weight is 374 g/mol. The summed E-state index contributed by atoms with van der Waals surface area (Å²) in [6, 6.07) is 6.00. The Labute approximate surface area is 160 Å².